The summed E-state index contributed by atoms with van der Waals surface area (Å²) < 4.78 is 15.1. The lowest BCUT2D eigenvalue weighted by atomic mass is 10.2. The van der Waals surface area contributed by atoms with Crippen LogP contribution in [-0.2, 0) is 20.8 Å². The first-order valence-electron chi connectivity index (χ1n) is 8.99. The molecule has 2 rings (SSSR count). The standard InChI is InChI=1S/C20H23N3O7/c1-20(2,3)30-19(27)22-14-7-4-6-13(10-14)17(25)29-12-16(24)23-18(26)21-11-15-8-5-9-28-15/h4-10H,11-12H2,1-3H3,(H,22,27)(H2,21,23,24,26). The van der Waals surface area contributed by atoms with Gasteiger partial charge in [-0.3, -0.25) is 15.4 Å². The minimum absolute atomic E-state index is 0.101. The Labute approximate surface area is 172 Å². The highest BCUT2D eigenvalue weighted by Crippen LogP contribution is 2.14. The van der Waals surface area contributed by atoms with Gasteiger partial charge in [0, 0.05) is 5.69 Å². The summed E-state index contributed by atoms with van der Waals surface area (Å²) in [5.41, 5.74) is -0.239. The number of amides is 4. The van der Waals surface area contributed by atoms with Crippen LogP contribution in [0.1, 0.15) is 36.9 Å². The van der Waals surface area contributed by atoms with E-state index in [0.717, 1.165) is 0 Å². The van der Waals surface area contributed by atoms with Crippen molar-refractivity contribution >= 4 is 29.7 Å². The number of esters is 1. The first-order valence-corrected chi connectivity index (χ1v) is 8.99. The van der Waals surface area contributed by atoms with E-state index in [1.165, 1.54) is 24.5 Å². The number of anilines is 1. The lowest BCUT2D eigenvalue weighted by Gasteiger charge is -2.19. The van der Waals surface area contributed by atoms with Gasteiger partial charge in [-0.25, -0.2) is 14.4 Å². The molecule has 1 heterocycles. The molecule has 0 bridgehead atoms. The van der Waals surface area contributed by atoms with E-state index in [1.807, 2.05) is 5.32 Å². The number of rotatable bonds is 6. The van der Waals surface area contributed by atoms with Gasteiger partial charge in [0.2, 0.25) is 0 Å². The van der Waals surface area contributed by atoms with Crippen LogP contribution in [0, 0.1) is 0 Å². The second-order valence-corrected chi connectivity index (χ2v) is 7.09. The van der Waals surface area contributed by atoms with Crippen molar-refractivity contribution in [1.82, 2.24) is 10.6 Å². The summed E-state index contributed by atoms with van der Waals surface area (Å²) in [5, 5.41) is 6.95. The first-order chi connectivity index (χ1) is 14.1. The number of urea groups is 1. The second kappa shape index (κ2) is 10.1. The number of nitrogens with one attached hydrogen (secondary N) is 3. The molecule has 0 aliphatic heterocycles. The predicted octanol–water partition coefficient (Wildman–Crippen LogP) is 2.81. The number of furan rings is 1. The lowest BCUT2D eigenvalue weighted by Crippen LogP contribution is -2.41. The first kappa shape index (κ1) is 22.5. The van der Waals surface area contributed by atoms with E-state index in [9.17, 15) is 19.2 Å². The Morgan fingerprint density at radius 2 is 1.83 bits per heavy atom. The maximum Gasteiger partial charge on any atom is 0.412 e. The van der Waals surface area contributed by atoms with Crippen molar-refractivity contribution in [3.63, 3.8) is 0 Å². The lowest BCUT2D eigenvalue weighted by molar-refractivity contribution is -0.123. The van der Waals surface area contributed by atoms with Crippen molar-refractivity contribution in [1.29, 1.82) is 0 Å². The fourth-order valence-electron chi connectivity index (χ4n) is 2.15. The van der Waals surface area contributed by atoms with E-state index in [1.54, 1.807) is 39.0 Å². The number of ether oxygens (including phenoxy) is 2. The zero-order chi connectivity index (χ0) is 22.1. The highest BCUT2D eigenvalue weighted by molar-refractivity contribution is 5.97. The molecule has 10 heteroatoms. The van der Waals surface area contributed by atoms with E-state index >= 15 is 0 Å². The topological polar surface area (TPSA) is 136 Å². The zero-order valence-electron chi connectivity index (χ0n) is 16.8. The monoisotopic (exact) mass is 417 g/mol. The summed E-state index contributed by atoms with van der Waals surface area (Å²) >= 11 is 0. The van der Waals surface area contributed by atoms with Gasteiger partial charge in [0.15, 0.2) is 6.61 Å². The summed E-state index contributed by atoms with van der Waals surface area (Å²) in [6.07, 6.45) is 0.783. The molecule has 0 atom stereocenters. The van der Waals surface area contributed by atoms with E-state index < -0.39 is 36.2 Å². The molecular weight excluding hydrogens is 394 g/mol. The zero-order valence-corrected chi connectivity index (χ0v) is 16.8. The normalized spacial score (nSPS) is 10.6. The Bertz CT molecular complexity index is 901. The number of hydrogen-bond acceptors (Lipinski definition) is 7. The molecule has 1 aromatic carbocycles. The van der Waals surface area contributed by atoms with Gasteiger partial charge in [0.05, 0.1) is 18.4 Å². The Hall–Kier alpha value is -3.82. The van der Waals surface area contributed by atoms with Gasteiger partial charge < -0.3 is 19.2 Å². The SMILES string of the molecule is CC(C)(C)OC(=O)Nc1cccc(C(=O)OCC(=O)NC(=O)NCc2ccco2)c1. The van der Waals surface area contributed by atoms with Crippen molar-refractivity contribution in [3.05, 3.63) is 54.0 Å². The molecule has 0 radical (unpaired) electrons. The fourth-order valence-corrected chi connectivity index (χ4v) is 2.15. The van der Waals surface area contributed by atoms with Crippen LogP contribution < -0.4 is 16.0 Å². The third-order valence-electron chi connectivity index (χ3n) is 3.33. The maximum atomic E-state index is 12.1. The fraction of sp³-hybridized carbons (Fsp3) is 0.300. The molecule has 0 unspecified atom stereocenters. The smallest absolute Gasteiger partial charge is 0.412 e. The second-order valence-electron chi connectivity index (χ2n) is 7.09. The van der Waals surface area contributed by atoms with Crippen LogP contribution in [0.2, 0.25) is 0 Å². The van der Waals surface area contributed by atoms with Gasteiger partial charge in [0.25, 0.3) is 5.91 Å². The molecule has 3 N–H and O–H groups in total. The predicted molar refractivity (Wildman–Crippen MR) is 106 cm³/mol. The number of hydrogen-bond donors (Lipinski definition) is 3. The van der Waals surface area contributed by atoms with Crippen LogP contribution in [0.15, 0.2) is 47.1 Å². The molecule has 1 aromatic heterocycles. The van der Waals surface area contributed by atoms with Crippen molar-refractivity contribution < 1.29 is 33.1 Å². The summed E-state index contributed by atoms with van der Waals surface area (Å²) in [6, 6.07) is 8.50. The molecule has 0 aliphatic rings. The number of carbonyl (C=O) groups is 4. The van der Waals surface area contributed by atoms with Gasteiger partial charge >= 0.3 is 18.1 Å². The van der Waals surface area contributed by atoms with Crippen LogP contribution in [-0.4, -0.2) is 36.2 Å². The molecule has 0 saturated carbocycles. The number of carbonyl (C=O) groups excluding carboxylic acids is 4. The molecule has 0 saturated heterocycles. The number of imide groups is 1. The highest BCUT2D eigenvalue weighted by Gasteiger charge is 2.17. The largest absolute Gasteiger partial charge is 0.467 e. The minimum Gasteiger partial charge on any atom is -0.467 e. The van der Waals surface area contributed by atoms with E-state index in [-0.39, 0.29) is 12.1 Å². The molecule has 0 spiro atoms. The molecule has 10 nitrogen and oxygen atoms in total. The van der Waals surface area contributed by atoms with Crippen molar-refractivity contribution in [2.45, 2.75) is 32.9 Å². The molecule has 0 fully saturated rings. The average molecular weight is 417 g/mol. The molecule has 4 amide bonds. The Morgan fingerprint density at radius 3 is 2.50 bits per heavy atom. The summed E-state index contributed by atoms with van der Waals surface area (Å²) in [7, 11) is 0. The van der Waals surface area contributed by atoms with Crippen LogP contribution in [0.3, 0.4) is 0 Å². The summed E-state index contributed by atoms with van der Waals surface area (Å²) in [4.78, 5) is 47.3. The minimum atomic E-state index is -0.802. The van der Waals surface area contributed by atoms with Crippen LogP contribution in [0.25, 0.3) is 0 Å². The summed E-state index contributed by atoms with van der Waals surface area (Å²) in [5.74, 6) is -1.08. The molecular formula is C20H23N3O7. The quantitative estimate of drug-likeness (QED) is 0.615. The number of benzene rings is 1. The Morgan fingerprint density at radius 1 is 1.07 bits per heavy atom. The van der Waals surface area contributed by atoms with E-state index in [2.05, 4.69) is 10.6 Å². The molecule has 2 aromatic rings. The van der Waals surface area contributed by atoms with Gasteiger partial charge in [-0.15, -0.1) is 0 Å². The van der Waals surface area contributed by atoms with Crippen molar-refractivity contribution in [2.75, 3.05) is 11.9 Å². The van der Waals surface area contributed by atoms with Crippen molar-refractivity contribution in [2.24, 2.45) is 0 Å². The molecule has 30 heavy (non-hydrogen) atoms. The third-order valence-corrected chi connectivity index (χ3v) is 3.33. The Kier molecular flexibility index (Phi) is 7.56. The van der Waals surface area contributed by atoms with Crippen molar-refractivity contribution in [3.8, 4) is 0 Å². The maximum absolute atomic E-state index is 12.1. The summed E-state index contributed by atoms with van der Waals surface area (Å²) in [6.45, 7) is 4.62. The van der Waals surface area contributed by atoms with Crippen LogP contribution in [0.5, 0.6) is 0 Å². The van der Waals surface area contributed by atoms with Gasteiger partial charge in [-0.05, 0) is 51.1 Å². The average Bonchev–Trinajstić information content (AvgIpc) is 3.16. The van der Waals surface area contributed by atoms with E-state index in [0.29, 0.717) is 11.4 Å². The third kappa shape index (κ3) is 8.05. The van der Waals surface area contributed by atoms with E-state index in [4.69, 9.17) is 13.9 Å². The van der Waals surface area contributed by atoms with Gasteiger partial charge in [-0.1, -0.05) is 6.07 Å². The Balaban J connectivity index is 1.79. The molecule has 0 aliphatic carbocycles. The van der Waals surface area contributed by atoms with Crippen LogP contribution in [0.4, 0.5) is 15.3 Å². The molecule has 160 valence electrons. The van der Waals surface area contributed by atoms with Gasteiger partial charge in [-0.2, -0.15) is 0 Å². The van der Waals surface area contributed by atoms with Gasteiger partial charge in [0.1, 0.15) is 11.4 Å². The highest BCUT2D eigenvalue weighted by atomic mass is 16.6. The van der Waals surface area contributed by atoms with Crippen LogP contribution >= 0.6 is 0 Å².